The van der Waals surface area contributed by atoms with Crippen LogP contribution in [-0.4, -0.2) is 30.6 Å². The standard InChI is InChI=1S/C15H19N3O3/c16-8-11-3-5-13(21-11)15(20)17-10-2-4-12-9(7-10)1-6-14(19)18-12/h2,4,7,11,13H,1,3,5-6,8,16H2,(H,17,20)(H,18,19). The molecule has 2 unspecified atom stereocenters. The number of amides is 2. The van der Waals surface area contributed by atoms with Crippen molar-refractivity contribution in [1.82, 2.24) is 0 Å². The third-order valence-electron chi connectivity index (χ3n) is 3.93. The molecule has 1 aromatic carbocycles. The molecule has 0 aromatic heterocycles. The summed E-state index contributed by atoms with van der Waals surface area (Å²) in [6.07, 6.45) is 2.27. The first-order valence-corrected chi connectivity index (χ1v) is 7.25. The smallest absolute Gasteiger partial charge is 0.253 e. The highest BCUT2D eigenvalue weighted by molar-refractivity contribution is 5.97. The molecule has 21 heavy (non-hydrogen) atoms. The molecular formula is C15H19N3O3. The van der Waals surface area contributed by atoms with Crippen molar-refractivity contribution < 1.29 is 14.3 Å². The maximum Gasteiger partial charge on any atom is 0.253 e. The van der Waals surface area contributed by atoms with Crippen molar-refractivity contribution in [3.05, 3.63) is 23.8 Å². The van der Waals surface area contributed by atoms with E-state index in [4.69, 9.17) is 10.5 Å². The van der Waals surface area contributed by atoms with Crippen LogP contribution in [0, 0.1) is 0 Å². The minimum atomic E-state index is -0.422. The minimum Gasteiger partial charge on any atom is -0.364 e. The van der Waals surface area contributed by atoms with E-state index in [1.165, 1.54) is 0 Å². The van der Waals surface area contributed by atoms with E-state index < -0.39 is 6.10 Å². The molecule has 6 nitrogen and oxygen atoms in total. The van der Waals surface area contributed by atoms with Gasteiger partial charge in [0, 0.05) is 24.3 Å². The van der Waals surface area contributed by atoms with Gasteiger partial charge in [-0.2, -0.15) is 0 Å². The summed E-state index contributed by atoms with van der Waals surface area (Å²) in [7, 11) is 0. The van der Waals surface area contributed by atoms with E-state index in [1.807, 2.05) is 12.1 Å². The Kier molecular flexibility index (Phi) is 3.90. The summed E-state index contributed by atoms with van der Waals surface area (Å²) in [5.41, 5.74) is 8.14. The van der Waals surface area contributed by atoms with Crippen molar-refractivity contribution in [3.8, 4) is 0 Å². The average Bonchev–Trinajstić information content (AvgIpc) is 2.96. The van der Waals surface area contributed by atoms with Crippen LogP contribution in [0.4, 0.5) is 11.4 Å². The second-order valence-corrected chi connectivity index (χ2v) is 5.47. The molecule has 0 spiro atoms. The number of ether oxygens (including phenoxy) is 1. The van der Waals surface area contributed by atoms with Gasteiger partial charge in [-0.15, -0.1) is 0 Å². The van der Waals surface area contributed by atoms with Gasteiger partial charge in [0.25, 0.3) is 5.91 Å². The molecule has 1 fully saturated rings. The number of benzene rings is 1. The molecular weight excluding hydrogens is 270 g/mol. The van der Waals surface area contributed by atoms with Crippen LogP contribution in [0.3, 0.4) is 0 Å². The first-order chi connectivity index (χ1) is 10.2. The second-order valence-electron chi connectivity index (χ2n) is 5.47. The Morgan fingerprint density at radius 2 is 2.24 bits per heavy atom. The molecule has 2 atom stereocenters. The van der Waals surface area contributed by atoms with Crippen LogP contribution in [0.1, 0.15) is 24.8 Å². The zero-order valence-corrected chi connectivity index (χ0v) is 11.7. The monoisotopic (exact) mass is 289 g/mol. The molecule has 0 saturated carbocycles. The second kappa shape index (κ2) is 5.83. The summed E-state index contributed by atoms with van der Waals surface area (Å²) in [4.78, 5) is 23.5. The lowest BCUT2D eigenvalue weighted by Crippen LogP contribution is -2.30. The van der Waals surface area contributed by atoms with Crippen LogP contribution >= 0.6 is 0 Å². The number of fused-ring (bicyclic) bond motifs is 1. The number of hydrogen-bond donors (Lipinski definition) is 3. The van der Waals surface area contributed by atoms with Crippen molar-refractivity contribution in [2.45, 2.75) is 37.9 Å². The summed E-state index contributed by atoms with van der Waals surface area (Å²) in [6, 6.07) is 5.51. The van der Waals surface area contributed by atoms with Gasteiger partial charge in [-0.1, -0.05) is 0 Å². The molecule has 0 bridgehead atoms. The number of nitrogens with two attached hydrogens (primary N) is 1. The molecule has 2 aliphatic heterocycles. The van der Waals surface area contributed by atoms with Gasteiger partial charge in [0.05, 0.1) is 6.10 Å². The molecule has 3 rings (SSSR count). The van der Waals surface area contributed by atoms with Crippen molar-refractivity contribution in [3.63, 3.8) is 0 Å². The molecule has 1 aromatic rings. The summed E-state index contributed by atoms with van der Waals surface area (Å²) in [5.74, 6) is -0.0998. The van der Waals surface area contributed by atoms with Crippen molar-refractivity contribution in [2.24, 2.45) is 5.73 Å². The quantitative estimate of drug-likeness (QED) is 0.774. The molecule has 1 saturated heterocycles. The lowest BCUT2D eigenvalue weighted by Gasteiger charge is -2.18. The van der Waals surface area contributed by atoms with Crippen molar-refractivity contribution in [1.29, 1.82) is 0 Å². The van der Waals surface area contributed by atoms with E-state index in [-0.39, 0.29) is 17.9 Å². The number of carbonyl (C=O) groups is 2. The molecule has 0 radical (unpaired) electrons. The van der Waals surface area contributed by atoms with Gasteiger partial charge in [-0.05, 0) is 43.0 Å². The lowest BCUT2D eigenvalue weighted by molar-refractivity contribution is -0.126. The van der Waals surface area contributed by atoms with Crippen molar-refractivity contribution >= 4 is 23.2 Å². The fraction of sp³-hybridized carbons (Fsp3) is 0.467. The summed E-state index contributed by atoms with van der Waals surface area (Å²) < 4.78 is 5.58. The molecule has 0 aliphatic carbocycles. The Morgan fingerprint density at radius 1 is 1.38 bits per heavy atom. The normalized spacial score (nSPS) is 24.3. The molecule has 112 valence electrons. The van der Waals surface area contributed by atoms with Gasteiger partial charge in [-0.3, -0.25) is 9.59 Å². The zero-order chi connectivity index (χ0) is 14.8. The van der Waals surface area contributed by atoms with E-state index >= 15 is 0 Å². The molecule has 6 heteroatoms. The van der Waals surface area contributed by atoms with Crippen LogP contribution in [0.2, 0.25) is 0 Å². The van der Waals surface area contributed by atoms with Crippen LogP contribution in [-0.2, 0) is 20.7 Å². The Balaban J connectivity index is 1.65. The Morgan fingerprint density at radius 3 is 3.00 bits per heavy atom. The van der Waals surface area contributed by atoms with Gasteiger partial charge >= 0.3 is 0 Å². The van der Waals surface area contributed by atoms with Crippen LogP contribution in [0.25, 0.3) is 0 Å². The number of carbonyl (C=O) groups excluding carboxylic acids is 2. The SMILES string of the molecule is NCC1CCC(C(=O)Nc2ccc3c(c2)CCC(=O)N3)O1. The molecule has 2 amide bonds. The number of rotatable bonds is 3. The highest BCUT2D eigenvalue weighted by atomic mass is 16.5. The molecule has 2 heterocycles. The average molecular weight is 289 g/mol. The third kappa shape index (κ3) is 3.06. The van der Waals surface area contributed by atoms with E-state index in [0.717, 1.165) is 23.4 Å². The number of nitrogens with one attached hydrogen (secondary N) is 2. The first kappa shape index (κ1) is 14.0. The summed E-state index contributed by atoms with van der Waals surface area (Å²) in [6.45, 7) is 0.447. The highest BCUT2D eigenvalue weighted by Gasteiger charge is 2.30. The topological polar surface area (TPSA) is 93.5 Å². The molecule has 2 aliphatic rings. The largest absolute Gasteiger partial charge is 0.364 e. The van der Waals surface area contributed by atoms with Gasteiger partial charge in [0.15, 0.2) is 0 Å². The highest BCUT2D eigenvalue weighted by Crippen LogP contribution is 2.26. The maximum atomic E-state index is 12.1. The van der Waals surface area contributed by atoms with Gasteiger partial charge in [0.1, 0.15) is 6.10 Å². The third-order valence-corrected chi connectivity index (χ3v) is 3.93. The summed E-state index contributed by atoms with van der Waals surface area (Å²) >= 11 is 0. The Labute approximate surface area is 123 Å². The molecule has 4 N–H and O–H groups in total. The first-order valence-electron chi connectivity index (χ1n) is 7.25. The van der Waals surface area contributed by atoms with E-state index in [1.54, 1.807) is 6.07 Å². The maximum absolute atomic E-state index is 12.1. The van der Waals surface area contributed by atoms with Crippen LogP contribution in [0.15, 0.2) is 18.2 Å². The van der Waals surface area contributed by atoms with Gasteiger partial charge in [0.2, 0.25) is 5.91 Å². The van der Waals surface area contributed by atoms with Gasteiger partial charge in [-0.25, -0.2) is 0 Å². The van der Waals surface area contributed by atoms with E-state index in [0.29, 0.717) is 25.8 Å². The fourth-order valence-corrected chi connectivity index (χ4v) is 2.76. The van der Waals surface area contributed by atoms with Crippen LogP contribution in [0.5, 0.6) is 0 Å². The van der Waals surface area contributed by atoms with Gasteiger partial charge < -0.3 is 21.1 Å². The predicted octanol–water partition coefficient (Wildman–Crippen LogP) is 1.02. The Bertz CT molecular complexity index is 573. The lowest BCUT2D eigenvalue weighted by atomic mass is 10.0. The summed E-state index contributed by atoms with van der Waals surface area (Å²) in [5, 5.41) is 5.69. The Hall–Kier alpha value is -1.92. The number of anilines is 2. The zero-order valence-electron chi connectivity index (χ0n) is 11.7. The number of aryl methyl sites for hydroxylation is 1. The van der Waals surface area contributed by atoms with E-state index in [9.17, 15) is 9.59 Å². The van der Waals surface area contributed by atoms with Crippen molar-refractivity contribution in [2.75, 3.05) is 17.2 Å². The van der Waals surface area contributed by atoms with E-state index in [2.05, 4.69) is 10.6 Å². The van der Waals surface area contributed by atoms with Crippen LogP contribution < -0.4 is 16.4 Å². The minimum absolute atomic E-state index is 0.0144. The predicted molar refractivity (Wildman–Crippen MR) is 79.0 cm³/mol. The number of hydrogen-bond acceptors (Lipinski definition) is 4. The fourth-order valence-electron chi connectivity index (χ4n) is 2.76.